The molecule has 3 heteroatoms. The van der Waals surface area contributed by atoms with Gasteiger partial charge in [-0.3, -0.25) is 0 Å². The van der Waals surface area contributed by atoms with Crippen molar-refractivity contribution in [3.8, 4) is 11.5 Å². The van der Waals surface area contributed by atoms with Gasteiger partial charge in [0.15, 0.2) is 0 Å². The third kappa shape index (κ3) is 3.76. The average Bonchev–Trinajstić information content (AvgIpc) is 2.54. The monoisotopic (exact) mass is 285 g/mol. The second-order valence-electron chi connectivity index (χ2n) is 5.13. The number of hydrogen-bond acceptors (Lipinski definition) is 3. The molecule has 0 aromatic heterocycles. The number of rotatable bonds is 6. The molecular formula is C18H23NO2. The molecule has 2 rings (SSSR count). The van der Waals surface area contributed by atoms with E-state index in [9.17, 15) is 0 Å². The van der Waals surface area contributed by atoms with Gasteiger partial charge >= 0.3 is 0 Å². The van der Waals surface area contributed by atoms with Crippen LogP contribution in [0.25, 0.3) is 0 Å². The summed E-state index contributed by atoms with van der Waals surface area (Å²) < 4.78 is 10.6. The Morgan fingerprint density at radius 1 is 0.810 bits per heavy atom. The van der Waals surface area contributed by atoms with Crippen molar-refractivity contribution in [3.63, 3.8) is 0 Å². The molecule has 112 valence electrons. The van der Waals surface area contributed by atoms with E-state index in [1.165, 1.54) is 11.1 Å². The molecule has 0 amide bonds. The largest absolute Gasteiger partial charge is 0.497 e. The topological polar surface area (TPSA) is 30.5 Å². The Hall–Kier alpha value is -2.00. The first-order valence-electron chi connectivity index (χ1n) is 7.18. The highest BCUT2D eigenvalue weighted by Gasteiger charge is 2.14. The summed E-state index contributed by atoms with van der Waals surface area (Å²) in [5.74, 6) is 1.79. The van der Waals surface area contributed by atoms with Gasteiger partial charge in [-0.2, -0.15) is 0 Å². The highest BCUT2D eigenvalue weighted by molar-refractivity contribution is 5.36. The predicted octanol–water partition coefficient (Wildman–Crippen LogP) is 4.12. The molecule has 0 radical (unpaired) electrons. The van der Waals surface area contributed by atoms with Crippen LogP contribution in [0.2, 0.25) is 0 Å². The Balaban J connectivity index is 2.08. The fourth-order valence-electron chi connectivity index (χ4n) is 2.48. The number of para-hydroxylation sites is 1. The first-order valence-corrected chi connectivity index (χ1v) is 7.18. The van der Waals surface area contributed by atoms with E-state index in [0.717, 1.165) is 11.5 Å². The van der Waals surface area contributed by atoms with Crippen molar-refractivity contribution in [2.24, 2.45) is 0 Å². The van der Waals surface area contributed by atoms with Crippen LogP contribution >= 0.6 is 0 Å². The quantitative estimate of drug-likeness (QED) is 0.866. The molecule has 0 heterocycles. The van der Waals surface area contributed by atoms with Crippen LogP contribution in [0.4, 0.5) is 0 Å². The van der Waals surface area contributed by atoms with Gasteiger partial charge in [-0.25, -0.2) is 0 Å². The molecule has 2 aromatic rings. The van der Waals surface area contributed by atoms with Crippen molar-refractivity contribution in [1.82, 2.24) is 5.32 Å². The van der Waals surface area contributed by atoms with Gasteiger partial charge in [0.05, 0.1) is 14.2 Å². The summed E-state index contributed by atoms with van der Waals surface area (Å²) in [5, 5.41) is 3.60. The summed E-state index contributed by atoms with van der Waals surface area (Å²) in [6.07, 6.45) is 0. The SMILES string of the molecule is COc1ccc(C(C)N[C@@H](C)c2ccccc2OC)cc1. The number of nitrogens with one attached hydrogen (secondary N) is 1. The van der Waals surface area contributed by atoms with Crippen molar-refractivity contribution in [2.45, 2.75) is 25.9 Å². The molecule has 2 atom stereocenters. The van der Waals surface area contributed by atoms with Crippen molar-refractivity contribution in [2.75, 3.05) is 14.2 Å². The standard InChI is InChI=1S/C18H23NO2/c1-13(15-9-11-16(20-3)12-10-15)19-14(2)17-7-5-6-8-18(17)21-4/h5-14,19H,1-4H3/t13?,14-/m0/s1. The normalized spacial score (nSPS) is 13.5. The molecule has 0 bridgehead atoms. The van der Waals surface area contributed by atoms with E-state index in [2.05, 4.69) is 37.4 Å². The minimum absolute atomic E-state index is 0.207. The zero-order valence-corrected chi connectivity index (χ0v) is 13.1. The van der Waals surface area contributed by atoms with Gasteiger partial charge in [-0.05, 0) is 37.6 Å². The molecule has 21 heavy (non-hydrogen) atoms. The molecule has 0 fully saturated rings. The van der Waals surface area contributed by atoms with Crippen molar-refractivity contribution >= 4 is 0 Å². The van der Waals surface area contributed by atoms with Gasteiger partial charge < -0.3 is 14.8 Å². The minimum atomic E-state index is 0.207. The fraction of sp³-hybridized carbons (Fsp3) is 0.333. The van der Waals surface area contributed by atoms with Gasteiger partial charge in [-0.15, -0.1) is 0 Å². The second kappa shape index (κ2) is 7.14. The Labute approximate surface area is 126 Å². The smallest absolute Gasteiger partial charge is 0.123 e. The van der Waals surface area contributed by atoms with Crippen LogP contribution in [0.15, 0.2) is 48.5 Å². The van der Waals surface area contributed by atoms with E-state index in [1.54, 1.807) is 14.2 Å². The summed E-state index contributed by atoms with van der Waals surface area (Å²) in [4.78, 5) is 0. The maximum absolute atomic E-state index is 5.43. The molecule has 1 unspecified atom stereocenters. The van der Waals surface area contributed by atoms with Crippen LogP contribution in [0.1, 0.15) is 37.1 Å². The van der Waals surface area contributed by atoms with Crippen LogP contribution in [0.3, 0.4) is 0 Å². The minimum Gasteiger partial charge on any atom is -0.497 e. The molecule has 2 aromatic carbocycles. The highest BCUT2D eigenvalue weighted by Crippen LogP contribution is 2.27. The molecule has 0 aliphatic heterocycles. The van der Waals surface area contributed by atoms with Crippen LogP contribution in [0, 0.1) is 0 Å². The van der Waals surface area contributed by atoms with Crippen molar-refractivity contribution in [1.29, 1.82) is 0 Å². The maximum atomic E-state index is 5.43. The average molecular weight is 285 g/mol. The lowest BCUT2D eigenvalue weighted by atomic mass is 10.0. The summed E-state index contributed by atoms with van der Waals surface area (Å²) in [5.41, 5.74) is 2.40. The van der Waals surface area contributed by atoms with E-state index < -0.39 is 0 Å². The third-order valence-corrected chi connectivity index (χ3v) is 3.72. The molecule has 0 saturated carbocycles. The molecule has 0 aliphatic carbocycles. The molecular weight excluding hydrogens is 262 g/mol. The van der Waals surface area contributed by atoms with Crippen LogP contribution < -0.4 is 14.8 Å². The number of hydrogen-bond donors (Lipinski definition) is 1. The van der Waals surface area contributed by atoms with Crippen LogP contribution in [-0.2, 0) is 0 Å². The summed E-state index contributed by atoms with van der Waals surface area (Å²) in [6.45, 7) is 4.31. The lowest BCUT2D eigenvalue weighted by Gasteiger charge is -2.22. The van der Waals surface area contributed by atoms with Crippen LogP contribution in [0.5, 0.6) is 11.5 Å². The Kier molecular flexibility index (Phi) is 5.23. The number of methoxy groups -OCH3 is 2. The molecule has 1 N–H and O–H groups in total. The van der Waals surface area contributed by atoms with E-state index >= 15 is 0 Å². The second-order valence-corrected chi connectivity index (χ2v) is 5.13. The van der Waals surface area contributed by atoms with Gasteiger partial charge in [0.1, 0.15) is 11.5 Å². The van der Waals surface area contributed by atoms with Crippen LogP contribution in [-0.4, -0.2) is 14.2 Å². The zero-order valence-electron chi connectivity index (χ0n) is 13.1. The highest BCUT2D eigenvalue weighted by atomic mass is 16.5. The maximum Gasteiger partial charge on any atom is 0.123 e. The zero-order chi connectivity index (χ0) is 15.2. The third-order valence-electron chi connectivity index (χ3n) is 3.72. The van der Waals surface area contributed by atoms with Gasteiger partial charge in [0, 0.05) is 17.6 Å². The number of benzene rings is 2. The van der Waals surface area contributed by atoms with Crippen molar-refractivity contribution < 1.29 is 9.47 Å². The van der Waals surface area contributed by atoms with Gasteiger partial charge in [-0.1, -0.05) is 30.3 Å². The Morgan fingerprint density at radius 3 is 2.10 bits per heavy atom. The molecule has 0 saturated heterocycles. The molecule has 0 spiro atoms. The van der Waals surface area contributed by atoms with Gasteiger partial charge in [0.2, 0.25) is 0 Å². The lowest BCUT2D eigenvalue weighted by Crippen LogP contribution is -2.22. The lowest BCUT2D eigenvalue weighted by molar-refractivity contribution is 0.396. The van der Waals surface area contributed by atoms with Crippen molar-refractivity contribution in [3.05, 3.63) is 59.7 Å². The fourth-order valence-corrected chi connectivity index (χ4v) is 2.48. The summed E-state index contributed by atoms with van der Waals surface area (Å²) in [7, 11) is 3.39. The molecule has 3 nitrogen and oxygen atoms in total. The first kappa shape index (κ1) is 15.4. The first-order chi connectivity index (χ1) is 10.2. The van der Waals surface area contributed by atoms with E-state index in [0.29, 0.717) is 0 Å². The van der Waals surface area contributed by atoms with Gasteiger partial charge in [0.25, 0.3) is 0 Å². The summed E-state index contributed by atoms with van der Waals surface area (Å²) in [6, 6.07) is 16.7. The van der Waals surface area contributed by atoms with E-state index in [4.69, 9.17) is 9.47 Å². The molecule has 0 aliphatic rings. The Bertz CT molecular complexity index is 566. The number of ether oxygens (including phenoxy) is 2. The Morgan fingerprint density at radius 2 is 1.48 bits per heavy atom. The summed E-state index contributed by atoms with van der Waals surface area (Å²) >= 11 is 0. The predicted molar refractivity (Wildman–Crippen MR) is 86.0 cm³/mol. The van der Waals surface area contributed by atoms with E-state index in [-0.39, 0.29) is 12.1 Å². The van der Waals surface area contributed by atoms with E-state index in [1.807, 2.05) is 30.3 Å².